The number of rotatable bonds is 20. The number of hydrogen-bond acceptors (Lipinski definition) is 0. The molecule has 0 aromatic heterocycles. The summed E-state index contributed by atoms with van der Waals surface area (Å²) in [5.41, 5.74) is 0. The third-order valence-corrected chi connectivity index (χ3v) is 5.02. The normalized spacial score (nSPS) is 11.9. The Morgan fingerprint density at radius 2 is 0.560 bits per heavy atom. The molecule has 0 unspecified atom stereocenters. The van der Waals surface area contributed by atoms with Crippen LogP contribution in [0.15, 0.2) is 24.3 Å². The lowest BCUT2D eigenvalue weighted by Crippen LogP contribution is -1.80. The minimum Gasteiger partial charge on any atom is -0.0885 e. The predicted molar refractivity (Wildman–Crippen MR) is 117 cm³/mol. The molecule has 0 spiro atoms. The van der Waals surface area contributed by atoms with Crippen molar-refractivity contribution >= 4 is 0 Å². The van der Waals surface area contributed by atoms with E-state index in [2.05, 4.69) is 38.2 Å². The molecule has 0 radical (unpaired) electrons. The molecule has 0 heteroatoms. The van der Waals surface area contributed by atoms with Crippen LogP contribution >= 0.6 is 0 Å². The summed E-state index contributed by atoms with van der Waals surface area (Å²) in [7, 11) is 0. The van der Waals surface area contributed by atoms with Crippen molar-refractivity contribution in [3.05, 3.63) is 24.3 Å². The summed E-state index contributed by atoms with van der Waals surface area (Å²) in [6.07, 6.45) is 35.9. The quantitative estimate of drug-likeness (QED) is 0.152. The Hall–Kier alpha value is -0.520. The highest BCUT2D eigenvalue weighted by Gasteiger charge is 1.91. The Labute approximate surface area is 160 Å². The first-order chi connectivity index (χ1) is 12.4. The SMILES string of the molecule is CCCCCC/C=C/CCCCCCCCC/C=C/CCCCCC. The fourth-order valence-corrected chi connectivity index (χ4v) is 3.26. The second-order valence-electron chi connectivity index (χ2n) is 7.69. The number of unbranched alkanes of at least 4 members (excludes halogenated alkanes) is 16. The van der Waals surface area contributed by atoms with Gasteiger partial charge in [-0.15, -0.1) is 0 Å². The van der Waals surface area contributed by atoms with E-state index >= 15 is 0 Å². The minimum absolute atomic E-state index is 1.30. The van der Waals surface area contributed by atoms with Crippen molar-refractivity contribution in [2.75, 3.05) is 0 Å². The zero-order valence-corrected chi connectivity index (χ0v) is 17.7. The van der Waals surface area contributed by atoms with Gasteiger partial charge < -0.3 is 0 Å². The molecule has 0 N–H and O–H groups in total. The van der Waals surface area contributed by atoms with Gasteiger partial charge in [0.15, 0.2) is 0 Å². The van der Waals surface area contributed by atoms with Crippen LogP contribution in [0.4, 0.5) is 0 Å². The lowest BCUT2D eigenvalue weighted by molar-refractivity contribution is 0.583. The van der Waals surface area contributed by atoms with Crippen LogP contribution in [0.5, 0.6) is 0 Å². The third kappa shape index (κ3) is 23.5. The number of allylic oxidation sites excluding steroid dienone is 4. The Bertz CT molecular complexity index is 246. The van der Waals surface area contributed by atoms with Gasteiger partial charge >= 0.3 is 0 Å². The average Bonchev–Trinajstić information content (AvgIpc) is 2.63. The van der Waals surface area contributed by atoms with Gasteiger partial charge in [0.2, 0.25) is 0 Å². The average molecular weight is 349 g/mol. The van der Waals surface area contributed by atoms with E-state index in [1.54, 1.807) is 0 Å². The largest absolute Gasteiger partial charge is 0.0885 e. The first kappa shape index (κ1) is 24.5. The molecule has 0 saturated carbocycles. The molecule has 0 fully saturated rings. The fourth-order valence-electron chi connectivity index (χ4n) is 3.26. The molecule has 0 aromatic carbocycles. The topological polar surface area (TPSA) is 0 Å². The molecular weight excluding hydrogens is 300 g/mol. The van der Waals surface area contributed by atoms with Crippen LogP contribution in [-0.2, 0) is 0 Å². The molecular formula is C25H48. The standard InChI is InChI=1S/C25H48/c1-3-5-7-9-11-13-15-17-19-21-23-25-24-22-20-18-16-14-12-10-8-6-4-2/h13-16H,3-12,17-25H2,1-2H3/b15-13+,16-14+. The summed E-state index contributed by atoms with van der Waals surface area (Å²) in [5, 5.41) is 0. The first-order valence-corrected chi connectivity index (χ1v) is 11.7. The van der Waals surface area contributed by atoms with Crippen LogP contribution in [0.25, 0.3) is 0 Å². The maximum absolute atomic E-state index is 2.42. The Kier molecular flexibility index (Phi) is 23.0. The lowest BCUT2D eigenvalue weighted by atomic mass is 10.1. The van der Waals surface area contributed by atoms with Crippen molar-refractivity contribution in [1.29, 1.82) is 0 Å². The molecule has 25 heavy (non-hydrogen) atoms. The van der Waals surface area contributed by atoms with Crippen molar-refractivity contribution < 1.29 is 0 Å². The van der Waals surface area contributed by atoms with Gasteiger partial charge in [0.1, 0.15) is 0 Å². The van der Waals surface area contributed by atoms with Gasteiger partial charge in [0.05, 0.1) is 0 Å². The fraction of sp³-hybridized carbons (Fsp3) is 0.840. The van der Waals surface area contributed by atoms with E-state index in [-0.39, 0.29) is 0 Å². The highest BCUT2D eigenvalue weighted by molar-refractivity contribution is 4.82. The number of hydrogen-bond donors (Lipinski definition) is 0. The van der Waals surface area contributed by atoms with Crippen LogP contribution in [0, 0.1) is 0 Å². The van der Waals surface area contributed by atoms with E-state index in [0.29, 0.717) is 0 Å². The zero-order chi connectivity index (χ0) is 18.3. The molecule has 0 nitrogen and oxygen atoms in total. The highest BCUT2D eigenvalue weighted by Crippen LogP contribution is 2.11. The first-order valence-electron chi connectivity index (χ1n) is 11.7. The third-order valence-electron chi connectivity index (χ3n) is 5.02. The molecule has 0 aliphatic rings. The predicted octanol–water partition coefficient (Wildman–Crippen LogP) is 9.55. The van der Waals surface area contributed by atoms with Gasteiger partial charge in [-0.3, -0.25) is 0 Å². The molecule has 0 amide bonds. The second-order valence-corrected chi connectivity index (χ2v) is 7.69. The molecule has 0 bridgehead atoms. The van der Waals surface area contributed by atoms with Gasteiger partial charge in [-0.1, -0.05) is 109 Å². The second kappa shape index (κ2) is 23.5. The summed E-state index contributed by atoms with van der Waals surface area (Å²) < 4.78 is 0. The Morgan fingerprint density at radius 3 is 0.840 bits per heavy atom. The molecule has 148 valence electrons. The maximum Gasteiger partial charge on any atom is -0.0351 e. The van der Waals surface area contributed by atoms with Crippen LogP contribution in [0.3, 0.4) is 0 Å². The molecule has 0 rings (SSSR count). The van der Waals surface area contributed by atoms with Crippen LogP contribution < -0.4 is 0 Å². The van der Waals surface area contributed by atoms with Crippen molar-refractivity contribution in [3.63, 3.8) is 0 Å². The van der Waals surface area contributed by atoms with Crippen LogP contribution in [0.2, 0.25) is 0 Å². The van der Waals surface area contributed by atoms with Crippen LogP contribution in [-0.4, -0.2) is 0 Å². The van der Waals surface area contributed by atoms with E-state index in [0.717, 1.165) is 0 Å². The van der Waals surface area contributed by atoms with Crippen LogP contribution in [0.1, 0.15) is 136 Å². The van der Waals surface area contributed by atoms with E-state index in [4.69, 9.17) is 0 Å². The monoisotopic (exact) mass is 348 g/mol. The van der Waals surface area contributed by atoms with Crippen molar-refractivity contribution in [3.8, 4) is 0 Å². The molecule has 0 atom stereocenters. The Balaban J connectivity index is 3.09. The van der Waals surface area contributed by atoms with Crippen molar-refractivity contribution in [2.24, 2.45) is 0 Å². The van der Waals surface area contributed by atoms with Gasteiger partial charge in [0.25, 0.3) is 0 Å². The minimum atomic E-state index is 1.30. The maximum atomic E-state index is 2.42. The van der Waals surface area contributed by atoms with E-state index in [1.807, 2.05) is 0 Å². The molecule has 0 saturated heterocycles. The van der Waals surface area contributed by atoms with E-state index in [1.165, 1.54) is 122 Å². The highest BCUT2D eigenvalue weighted by atomic mass is 14.0. The summed E-state index contributed by atoms with van der Waals surface area (Å²) in [5.74, 6) is 0. The molecule has 0 aromatic rings. The van der Waals surface area contributed by atoms with E-state index in [9.17, 15) is 0 Å². The van der Waals surface area contributed by atoms with Gasteiger partial charge in [0, 0.05) is 0 Å². The molecule has 0 aliphatic heterocycles. The summed E-state index contributed by atoms with van der Waals surface area (Å²) >= 11 is 0. The Morgan fingerprint density at radius 1 is 0.320 bits per heavy atom. The van der Waals surface area contributed by atoms with Gasteiger partial charge in [-0.2, -0.15) is 0 Å². The van der Waals surface area contributed by atoms with Gasteiger partial charge in [-0.25, -0.2) is 0 Å². The van der Waals surface area contributed by atoms with Crippen molar-refractivity contribution in [2.45, 2.75) is 136 Å². The molecule has 0 aliphatic carbocycles. The lowest BCUT2D eigenvalue weighted by Gasteiger charge is -2.00. The smallest absolute Gasteiger partial charge is 0.0351 e. The zero-order valence-electron chi connectivity index (χ0n) is 17.7. The van der Waals surface area contributed by atoms with E-state index < -0.39 is 0 Å². The summed E-state index contributed by atoms with van der Waals surface area (Å²) in [4.78, 5) is 0. The van der Waals surface area contributed by atoms with Crippen molar-refractivity contribution in [1.82, 2.24) is 0 Å². The summed E-state index contributed by atoms with van der Waals surface area (Å²) in [6.45, 7) is 4.56. The summed E-state index contributed by atoms with van der Waals surface area (Å²) in [6, 6.07) is 0. The molecule has 0 heterocycles. The van der Waals surface area contributed by atoms with Gasteiger partial charge in [-0.05, 0) is 51.4 Å².